The monoisotopic (exact) mass is 463 g/mol. The van der Waals surface area contributed by atoms with E-state index in [4.69, 9.17) is 21.1 Å². The predicted octanol–water partition coefficient (Wildman–Crippen LogP) is 5.29. The van der Waals surface area contributed by atoms with Crippen molar-refractivity contribution in [3.63, 3.8) is 0 Å². The third-order valence-electron chi connectivity index (χ3n) is 5.48. The van der Waals surface area contributed by atoms with Gasteiger partial charge >= 0.3 is 0 Å². The van der Waals surface area contributed by atoms with Crippen molar-refractivity contribution < 1.29 is 14.3 Å². The van der Waals surface area contributed by atoms with Crippen molar-refractivity contribution in [2.75, 3.05) is 25.1 Å². The van der Waals surface area contributed by atoms with E-state index < -0.39 is 0 Å². The van der Waals surface area contributed by atoms with Gasteiger partial charge in [0, 0.05) is 29.4 Å². The Morgan fingerprint density at radius 3 is 2.45 bits per heavy atom. The summed E-state index contributed by atoms with van der Waals surface area (Å²) in [7, 11) is 1.58. The van der Waals surface area contributed by atoms with Crippen LogP contribution in [0, 0.1) is 0 Å². The van der Waals surface area contributed by atoms with Crippen molar-refractivity contribution >= 4 is 29.4 Å². The second kappa shape index (κ2) is 10.9. The standard InChI is InChI=1S/C26H26ClN3O3/c1-32-25-16-20(6-13-24(25)33-18-19-4-9-22(27)10-5-19)17-28-29-26(31)21-7-11-23(12-8-21)30-14-2-3-15-30/h4-13,16-17H,2-3,14-15,18H2,1H3,(H,29,31)/b28-17-. The van der Waals surface area contributed by atoms with Gasteiger partial charge in [-0.1, -0.05) is 23.7 Å². The number of methoxy groups -OCH3 is 1. The molecule has 4 rings (SSSR count). The number of anilines is 1. The number of nitrogens with one attached hydrogen (secondary N) is 1. The van der Waals surface area contributed by atoms with Gasteiger partial charge in [-0.3, -0.25) is 4.79 Å². The summed E-state index contributed by atoms with van der Waals surface area (Å²) < 4.78 is 11.3. The maximum atomic E-state index is 12.4. The Balaban J connectivity index is 1.33. The molecule has 0 unspecified atom stereocenters. The van der Waals surface area contributed by atoms with Gasteiger partial charge in [0.05, 0.1) is 13.3 Å². The summed E-state index contributed by atoms with van der Waals surface area (Å²) in [6.07, 6.45) is 4.01. The molecule has 0 saturated carbocycles. The van der Waals surface area contributed by atoms with E-state index in [1.54, 1.807) is 19.4 Å². The van der Waals surface area contributed by atoms with Gasteiger partial charge in [0.2, 0.25) is 0 Å². The van der Waals surface area contributed by atoms with Gasteiger partial charge in [-0.25, -0.2) is 5.43 Å². The van der Waals surface area contributed by atoms with E-state index in [1.165, 1.54) is 12.8 Å². The first-order valence-corrected chi connectivity index (χ1v) is 11.2. The number of hydrogen-bond acceptors (Lipinski definition) is 5. The fourth-order valence-corrected chi connectivity index (χ4v) is 3.78. The van der Waals surface area contributed by atoms with Crippen molar-refractivity contribution in [2.24, 2.45) is 5.10 Å². The molecule has 0 bridgehead atoms. The Kier molecular flexibility index (Phi) is 7.47. The zero-order valence-corrected chi connectivity index (χ0v) is 19.2. The van der Waals surface area contributed by atoms with Crippen molar-refractivity contribution in [2.45, 2.75) is 19.4 Å². The number of benzene rings is 3. The van der Waals surface area contributed by atoms with Gasteiger partial charge in [0.25, 0.3) is 5.91 Å². The van der Waals surface area contributed by atoms with Crippen LogP contribution in [0.5, 0.6) is 11.5 Å². The van der Waals surface area contributed by atoms with Crippen LogP contribution in [0.2, 0.25) is 5.02 Å². The third-order valence-corrected chi connectivity index (χ3v) is 5.73. The molecule has 6 nitrogen and oxygen atoms in total. The first-order chi connectivity index (χ1) is 16.1. The van der Waals surface area contributed by atoms with Crippen molar-refractivity contribution in [1.82, 2.24) is 5.43 Å². The average Bonchev–Trinajstić information content (AvgIpc) is 3.39. The second-order valence-corrected chi connectivity index (χ2v) is 8.20. The zero-order chi connectivity index (χ0) is 23.0. The second-order valence-electron chi connectivity index (χ2n) is 7.77. The van der Waals surface area contributed by atoms with Crippen LogP contribution >= 0.6 is 11.6 Å². The van der Waals surface area contributed by atoms with E-state index in [9.17, 15) is 4.79 Å². The summed E-state index contributed by atoms with van der Waals surface area (Å²) in [4.78, 5) is 14.7. The molecule has 170 valence electrons. The third kappa shape index (κ3) is 6.05. The molecule has 3 aromatic carbocycles. The topological polar surface area (TPSA) is 63.2 Å². The fraction of sp³-hybridized carbons (Fsp3) is 0.231. The first-order valence-electron chi connectivity index (χ1n) is 10.9. The lowest BCUT2D eigenvalue weighted by Gasteiger charge is -2.17. The largest absolute Gasteiger partial charge is 0.493 e. The Labute approximate surface area is 198 Å². The predicted molar refractivity (Wildman–Crippen MR) is 132 cm³/mol. The number of amides is 1. The van der Waals surface area contributed by atoms with Crippen molar-refractivity contribution in [1.29, 1.82) is 0 Å². The molecule has 1 aliphatic heterocycles. The number of rotatable bonds is 8. The highest BCUT2D eigenvalue weighted by atomic mass is 35.5. The highest BCUT2D eigenvalue weighted by Gasteiger charge is 2.13. The number of carbonyl (C=O) groups excluding carboxylic acids is 1. The van der Waals surface area contributed by atoms with Crippen LogP contribution in [0.4, 0.5) is 5.69 Å². The highest BCUT2D eigenvalue weighted by Crippen LogP contribution is 2.28. The summed E-state index contributed by atoms with van der Waals surface area (Å²) in [6.45, 7) is 2.54. The molecule has 0 aromatic heterocycles. The number of hydrazone groups is 1. The average molecular weight is 464 g/mol. The molecule has 0 atom stereocenters. The Bertz CT molecular complexity index is 1110. The van der Waals surface area contributed by atoms with Gasteiger partial charge in [-0.15, -0.1) is 0 Å². The normalized spacial score (nSPS) is 13.3. The molecule has 7 heteroatoms. The van der Waals surface area contributed by atoms with E-state index in [1.807, 2.05) is 60.7 Å². The molecule has 1 N–H and O–H groups in total. The Morgan fingerprint density at radius 1 is 1.03 bits per heavy atom. The molecule has 1 amide bonds. The summed E-state index contributed by atoms with van der Waals surface area (Å²) in [5.41, 5.74) is 6.07. The van der Waals surface area contributed by atoms with Gasteiger partial charge in [0.1, 0.15) is 6.61 Å². The van der Waals surface area contributed by atoms with Crippen molar-refractivity contribution in [3.8, 4) is 11.5 Å². The molecular weight excluding hydrogens is 438 g/mol. The number of carbonyl (C=O) groups is 1. The number of ether oxygens (including phenoxy) is 2. The van der Waals surface area contributed by atoms with E-state index in [0.29, 0.717) is 28.7 Å². The van der Waals surface area contributed by atoms with Crippen LogP contribution in [-0.4, -0.2) is 32.3 Å². The molecule has 1 heterocycles. The van der Waals surface area contributed by atoms with E-state index in [-0.39, 0.29) is 5.91 Å². The van der Waals surface area contributed by atoms with E-state index in [2.05, 4.69) is 15.4 Å². The minimum absolute atomic E-state index is 0.255. The van der Waals surface area contributed by atoms with Crippen molar-refractivity contribution in [3.05, 3.63) is 88.4 Å². The zero-order valence-electron chi connectivity index (χ0n) is 18.5. The van der Waals surface area contributed by atoms with E-state index >= 15 is 0 Å². The van der Waals surface area contributed by atoms with Crippen LogP contribution in [-0.2, 0) is 6.61 Å². The summed E-state index contributed by atoms with van der Waals surface area (Å²) >= 11 is 5.92. The first kappa shape index (κ1) is 22.7. The minimum atomic E-state index is -0.255. The van der Waals surface area contributed by atoms with Gasteiger partial charge in [-0.2, -0.15) is 5.10 Å². The molecular formula is C26H26ClN3O3. The summed E-state index contributed by atoms with van der Waals surface area (Å²) in [5.74, 6) is 0.942. The maximum Gasteiger partial charge on any atom is 0.271 e. The van der Waals surface area contributed by atoms with Crippen LogP contribution < -0.4 is 19.8 Å². The Hall–Kier alpha value is -3.51. The molecule has 3 aromatic rings. The van der Waals surface area contributed by atoms with Crippen LogP contribution in [0.15, 0.2) is 71.8 Å². The Morgan fingerprint density at radius 2 is 1.76 bits per heavy atom. The molecule has 0 spiro atoms. The lowest BCUT2D eigenvalue weighted by Crippen LogP contribution is -2.19. The van der Waals surface area contributed by atoms with Gasteiger partial charge < -0.3 is 14.4 Å². The number of nitrogens with zero attached hydrogens (tertiary/aromatic N) is 2. The van der Waals surface area contributed by atoms with Gasteiger partial charge in [0.15, 0.2) is 11.5 Å². The van der Waals surface area contributed by atoms with Gasteiger partial charge in [-0.05, 0) is 78.6 Å². The molecule has 33 heavy (non-hydrogen) atoms. The fourth-order valence-electron chi connectivity index (χ4n) is 3.65. The molecule has 1 aliphatic rings. The van der Waals surface area contributed by atoms with E-state index in [0.717, 1.165) is 29.9 Å². The number of hydrogen-bond donors (Lipinski definition) is 1. The summed E-state index contributed by atoms with van der Waals surface area (Å²) in [6, 6.07) is 20.6. The minimum Gasteiger partial charge on any atom is -0.493 e. The van der Waals surface area contributed by atoms with Crippen LogP contribution in [0.1, 0.15) is 34.3 Å². The highest BCUT2D eigenvalue weighted by molar-refractivity contribution is 6.30. The maximum absolute atomic E-state index is 12.4. The molecule has 0 aliphatic carbocycles. The smallest absolute Gasteiger partial charge is 0.271 e. The number of halogens is 1. The molecule has 1 fully saturated rings. The summed E-state index contributed by atoms with van der Waals surface area (Å²) in [5, 5.41) is 4.77. The molecule has 1 saturated heterocycles. The quantitative estimate of drug-likeness (QED) is 0.364. The van der Waals surface area contributed by atoms with Crippen LogP contribution in [0.25, 0.3) is 0 Å². The molecule has 0 radical (unpaired) electrons. The lowest BCUT2D eigenvalue weighted by molar-refractivity contribution is 0.0955. The SMILES string of the molecule is COc1cc(/C=N\NC(=O)c2ccc(N3CCCC3)cc2)ccc1OCc1ccc(Cl)cc1. The lowest BCUT2D eigenvalue weighted by atomic mass is 10.2. The van der Waals surface area contributed by atoms with Crippen LogP contribution in [0.3, 0.4) is 0 Å².